The van der Waals surface area contributed by atoms with Crippen molar-refractivity contribution >= 4 is 17.5 Å². The first kappa shape index (κ1) is 15.8. The molecule has 0 bridgehead atoms. The molecule has 2 aromatic carbocycles. The molecule has 2 aromatic rings. The molecule has 0 saturated carbocycles. The van der Waals surface area contributed by atoms with Crippen LogP contribution in [-0.4, -0.2) is 11.8 Å². The molecule has 0 aliphatic carbocycles. The Morgan fingerprint density at radius 3 is 2.41 bits per heavy atom. The fourth-order valence-electron chi connectivity index (χ4n) is 2.19. The van der Waals surface area contributed by atoms with Crippen LogP contribution in [0.2, 0.25) is 0 Å². The van der Waals surface area contributed by atoms with Gasteiger partial charge in [0, 0.05) is 5.69 Å². The Morgan fingerprint density at radius 1 is 1.00 bits per heavy atom. The van der Waals surface area contributed by atoms with E-state index in [9.17, 15) is 9.59 Å². The number of carbonyl (C=O) groups excluding carboxylic acids is 2. The van der Waals surface area contributed by atoms with Crippen LogP contribution in [0.5, 0.6) is 0 Å². The highest BCUT2D eigenvalue weighted by Gasteiger charge is 2.13. The Balaban J connectivity index is 1.85. The van der Waals surface area contributed by atoms with E-state index in [2.05, 4.69) is 10.6 Å². The lowest BCUT2D eigenvalue weighted by Crippen LogP contribution is -2.30. The Kier molecular flexibility index (Phi) is 5.31. The maximum atomic E-state index is 11.9. The Hall–Kier alpha value is -2.62. The lowest BCUT2D eigenvalue weighted by Gasteiger charge is -2.14. The van der Waals surface area contributed by atoms with Crippen molar-refractivity contribution in [2.45, 2.75) is 26.3 Å². The minimum Gasteiger partial charge on any atom is -0.349 e. The van der Waals surface area contributed by atoms with Crippen LogP contribution >= 0.6 is 0 Å². The van der Waals surface area contributed by atoms with Crippen molar-refractivity contribution in [3.8, 4) is 0 Å². The predicted octanol–water partition coefficient (Wildman–Crippen LogP) is 3.20. The maximum absolute atomic E-state index is 11.9. The van der Waals surface area contributed by atoms with Gasteiger partial charge < -0.3 is 10.6 Å². The summed E-state index contributed by atoms with van der Waals surface area (Å²) in [7, 11) is 0. The van der Waals surface area contributed by atoms with Gasteiger partial charge in [0.15, 0.2) is 0 Å². The number of hydrogen-bond donors (Lipinski definition) is 2. The van der Waals surface area contributed by atoms with Crippen LogP contribution in [0.4, 0.5) is 5.69 Å². The SMILES string of the molecule is Cc1cccc(NC(=O)CC(=O)NC(C)c2ccccc2)c1. The van der Waals surface area contributed by atoms with Crippen molar-refractivity contribution < 1.29 is 9.59 Å². The highest BCUT2D eigenvalue weighted by Crippen LogP contribution is 2.12. The summed E-state index contributed by atoms with van der Waals surface area (Å²) in [6.07, 6.45) is -0.189. The van der Waals surface area contributed by atoms with E-state index >= 15 is 0 Å². The van der Waals surface area contributed by atoms with E-state index in [-0.39, 0.29) is 24.3 Å². The molecule has 1 unspecified atom stereocenters. The molecule has 0 radical (unpaired) electrons. The van der Waals surface area contributed by atoms with Crippen LogP contribution in [0.3, 0.4) is 0 Å². The Morgan fingerprint density at radius 2 is 1.73 bits per heavy atom. The van der Waals surface area contributed by atoms with Gasteiger partial charge in [0.1, 0.15) is 6.42 Å². The van der Waals surface area contributed by atoms with Crippen molar-refractivity contribution in [2.24, 2.45) is 0 Å². The number of nitrogens with one attached hydrogen (secondary N) is 2. The fourth-order valence-corrected chi connectivity index (χ4v) is 2.19. The summed E-state index contributed by atoms with van der Waals surface area (Å²) in [6.45, 7) is 3.84. The second-order valence-corrected chi connectivity index (χ2v) is 5.29. The lowest BCUT2D eigenvalue weighted by atomic mass is 10.1. The molecule has 0 fully saturated rings. The highest BCUT2D eigenvalue weighted by molar-refractivity contribution is 6.03. The summed E-state index contributed by atoms with van der Waals surface area (Å²) in [6, 6.07) is 17.0. The van der Waals surface area contributed by atoms with Crippen LogP contribution in [0.1, 0.15) is 30.5 Å². The molecule has 4 heteroatoms. The molecule has 0 saturated heterocycles. The van der Waals surface area contributed by atoms with Crippen LogP contribution in [0, 0.1) is 6.92 Å². The fraction of sp³-hybridized carbons (Fsp3) is 0.222. The number of aryl methyl sites for hydroxylation is 1. The molecule has 2 rings (SSSR count). The van der Waals surface area contributed by atoms with E-state index in [0.717, 1.165) is 11.1 Å². The van der Waals surface area contributed by atoms with Crippen molar-refractivity contribution in [1.82, 2.24) is 5.32 Å². The van der Waals surface area contributed by atoms with Crippen molar-refractivity contribution in [3.05, 3.63) is 65.7 Å². The Bertz CT molecular complexity index is 653. The van der Waals surface area contributed by atoms with Gasteiger partial charge in [-0.25, -0.2) is 0 Å². The van der Waals surface area contributed by atoms with Gasteiger partial charge in [0.25, 0.3) is 0 Å². The molecule has 0 spiro atoms. The Labute approximate surface area is 130 Å². The molecule has 0 aliphatic rings. The third kappa shape index (κ3) is 4.74. The summed E-state index contributed by atoms with van der Waals surface area (Å²) in [5.74, 6) is -0.607. The topological polar surface area (TPSA) is 58.2 Å². The smallest absolute Gasteiger partial charge is 0.233 e. The van der Waals surface area contributed by atoms with Gasteiger partial charge in [-0.05, 0) is 37.1 Å². The molecule has 0 heterocycles. The summed E-state index contributed by atoms with van der Waals surface area (Å²) in [4.78, 5) is 23.8. The van der Waals surface area contributed by atoms with Crippen LogP contribution < -0.4 is 10.6 Å². The first-order valence-corrected chi connectivity index (χ1v) is 7.25. The van der Waals surface area contributed by atoms with E-state index < -0.39 is 0 Å². The quantitative estimate of drug-likeness (QED) is 0.832. The van der Waals surface area contributed by atoms with E-state index in [1.54, 1.807) is 6.07 Å². The normalized spacial score (nSPS) is 11.5. The zero-order chi connectivity index (χ0) is 15.9. The number of hydrogen-bond acceptors (Lipinski definition) is 2. The largest absolute Gasteiger partial charge is 0.349 e. The van der Waals surface area contributed by atoms with Gasteiger partial charge >= 0.3 is 0 Å². The summed E-state index contributed by atoms with van der Waals surface area (Å²) in [5.41, 5.74) is 2.77. The number of carbonyl (C=O) groups is 2. The van der Waals surface area contributed by atoms with E-state index in [1.807, 2.05) is 62.4 Å². The minimum atomic E-state index is -0.316. The third-order valence-corrected chi connectivity index (χ3v) is 3.30. The van der Waals surface area contributed by atoms with Gasteiger partial charge in [0.2, 0.25) is 11.8 Å². The van der Waals surface area contributed by atoms with Gasteiger partial charge in [0.05, 0.1) is 6.04 Å². The maximum Gasteiger partial charge on any atom is 0.233 e. The highest BCUT2D eigenvalue weighted by atomic mass is 16.2. The molecule has 1 atom stereocenters. The van der Waals surface area contributed by atoms with Crippen LogP contribution in [0.15, 0.2) is 54.6 Å². The summed E-state index contributed by atoms with van der Waals surface area (Å²) >= 11 is 0. The molecule has 22 heavy (non-hydrogen) atoms. The molecule has 0 aromatic heterocycles. The molecule has 114 valence electrons. The average Bonchev–Trinajstić information content (AvgIpc) is 2.47. The second kappa shape index (κ2) is 7.41. The molecular formula is C18H20N2O2. The molecule has 0 aliphatic heterocycles. The van der Waals surface area contributed by atoms with E-state index in [1.165, 1.54) is 0 Å². The molecule has 2 amide bonds. The van der Waals surface area contributed by atoms with Gasteiger partial charge in [-0.3, -0.25) is 9.59 Å². The minimum absolute atomic E-state index is 0.125. The second-order valence-electron chi connectivity index (χ2n) is 5.29. The van der Waals surface area contributed by atoms with Crippen molar-refractivity contribution in [1.29, 1.82) is 0 Å². The van der Waals surface area contributed by atoms with Crippen LogP contribution in [-0.2, 0) is 9.59 Å². The molecule has 4 nitrogen and oxygen atoms in total. The van der Waals surface area contributed by atoms with Gasteiger partial charge in [-0.15, -0.1) is 0 Å². The standard InChI is InChI=1S/C18H20N2O2/c1-13-7-6-10-16(11-13)20-18(22)12-17(21)19-14(2)15-8-4-3-5-9-15/h3-11,14H,12H2,1-2H3,(H,19,21)(H,20,22). The van der Waals surface area contributed by atoms with Crippen molar-refractivity contribution in [3.63, 3.8) is 0 Å². The van der Waals surface area contributed by atoms with E-state index in [0.29, 0.717) is 5.69 Å². The van der Waals surface area contributed by atoms with Crippen LogP contribution in [0.25, 0.3) is 0 Å². The first-order chi connectivity index (χ1) is 10.5. The zero-order valence-corrected chi connectivity index (χ0v) is 12.8. The molecular weight excluding hydrogens is 276 g/mol. The van der Waals surface area contributed by atoms with Crippen molar-refractivity contribution in [2.75, 3.05) is 5.32 Å². The summed E-state index contributed by atoms with van der Waals surface area (Å²) < 4.78 is 0. The monoisotopic (exact) mass is 296 g/mol. The predicted molar refractivity (Wildman–Crippen MR) is 87.4 cm³/mol. The van der Waals surface area contributed by atoms with E-state index in [4.69, 9.17) is 0 Å². The number of anilines is 1. The number of amides is 2. The third-order valence-electron chi connectivity index (χ3n) is 3.30. The number of rotatable bonds is 5. The first-order valence-electron chi connectivity index (χ1n) is 7.25. The van der Waals surface area contributed by atoms with Gasteiger partial charge in [-0.2, -0.15) is 0 Å². The number of benzene rings is 2. The van der Waals surface area contributed by atoms with Gasteiger partial charge in [-0.1, -0.05) is 42.5 Å². The average molecular weight is 296 g/mol. The summed E-state index contributed by atoms with van der Waals surface area (Å²) in [5, 5.41) is 5.55. The lowest BCUT2D eigenvalue weighted by molar-refractivity contribution is -0.127. The zero-order valence-electron chi connectivity index (χ0n) is 12.8. The molecule has 2 N–H and O–H groups in total.